The molecule has 0 radical (unpaired) electrons. The van der Waals surface area contributed by atoms with Crippen molar-refractivity contribution in [2.24, 2.45) is 0 Å². The van der Waals surface area contributed by atoms with Gasteiger partial charge in [0.25, 0.3) is 5.91 Å². The maximum Gasteiger partial charge on any atom is 0.274 e. The Balaban J connectivity index is 1.59. The van der Waals surface area contributed by atoms with Crippen LogP contribution in [0.1, 0.15) is 66.0 Å². The molecule has 1 unspecified atom stereocenters. The monoisotopic (exact) mass is 379 g/mol. The van der Waals surface area contributed by atoms with Gasteiger partial charge in [-0.2, -0.15) is 0 Å². The van der Waals surface area contributed by atoms with Crippen molar-refractivity contribution in [3.63, 3.8) is 0 Å². The normalized spacial score (nSPS) is 22.2. The molecule has 1 saturated carbocycles. The van der Waals surface area contributed by atoms with E-state index in [1.165, 1.54) is 24.0 Å². The highest BCUT2D eigenvalue weighted by Crippen LogP contribution is 2.52. The highest BCUT2D eigenvalue weighted by molar-refractivity contribution is 5.92. The molecule has 3 heterocycles. The molecule has 0 N–H and O–H groups in total. The molecule has 6 nitrogen and oxygen atoms in total. The third-order valence-electron chi connectivity index (χ3n) is 6.50. The van der Waals surface area contributed by atoms with E-state index in [4.69, 9.17) is 9.47 Å². The summed E-state index contributed by atoms with van der Waals surface area (Å²) in [4.78, 5) is 23.9. The van der Waals surface area contributed by atoms with E-state index in [9.17, 15) is 4.79 Å². The van der Waals surface area contributed by atoms with Crippen LogP contribution in [0.4, 0.5) is 0 Å². The first-order valence-electron chi connectivity index (χ1n) is 10.1. The summed E-state index contributed by atoms with van der Waals surface area (Å²) < 4.78 is 11.7. The maximum absolute atomic E-state index is 13.3. The minimum Gasteiger partial charge on any atom is -0.486 e. The highest BCUT2D eigenvalue weighted by atomic mass is 16.6. The Labute approximate surface area is 164 Å². The number of fused-ring (bicyclic) bond motifs is 3. The number of nitrogens with zero attached hydrogens (tertiary/aromatic N) is 3. The number of benzene rings is 1. The van der Waals surface area contributed by atoms with E-state index in [2.05, 4.69) is 29.0 Å². The lowest BCUT2D eigenvalue weighted by molar-refractivity contribution is 0.0586. The van der Waals surface area contributed by atoms with Gasteiger partial charge in [-0.15, -0.1) is 0 Å². The predicted molar refractivity (Wildman–Crippen MR) is 104 cm³/mol. The fraction of sp³-hybridized carbons (Fsp3) is 0.500. The molecule has 1 amide bonds. The summed E-state index contributed by atoms with van der Waals surface area (Å²) in [6.45, 7) is 5.84. The van der Waals surface area contributed by atoms with E-state index in [1.807, 2.05) is 11.8 Å². The number of rotatable bonds is 1. The summed E-state index contributed by atoms with van der Waals surface area (Å²) in [7, 11) is 0. The minimum atomic E-state index is -0.0492. The van der Waals surface area contributed by atoms with Gasteiger partial charge in [0, 0.05) is 18.2 Å². The van der Waals surface area contributed by atoms with Gasteiger partial charge in [-0.3, -0.25) is 9.78 Å². The van der Waals surface area contributed by atoms with Crippen LogP contribution in [-0.4, -0.2) is 40.5 Å². The molecule has 0 bridgehead atoms. The van der Waals surface area contributed by atoms with Gasteiger partial charge in [0.1, 0.15) is 18.9 Å². The molecule has 146 valence electrons. The number of carbonyl (C=O) groups excluding carboxylic acids is 1. The van der Waals surface area contributed by atoms with Crippen molar-refractivity contribution in [3.05, 3.63) is 47.0 Å². The molecule has 28 heavy (non-hydrogen) atoms. The average molecular weight is 379 g/mol. The zero-order chi connectivity index (χ0) is 19.3. The van der Waals surface area contributed by atoms with Crippen molar-refractivity contribution in [1.29, 1.82) is 0 Å². The number of hydrogen-bond acceptors (Lipinski definition) is 5. The Morgan fingerprint density at radius 2 is 1.82 bits per heavy atom. The van der Waals surface area contributed by atoms with E-state index < -0.39 is 0 Å². The van der Waals surface area contributed by atoms with Crippen LogP contribution < -0.4 is 9.47 Å². The molecule has 3 aliphatic rings. The van der Waals surface area contributed by atoms with Gasteiger partial charge in [-0.25, -0.2) is 4.98 Å². The zero-order valence-electron chi connectivity index (χ0n) is 16.4. The maximum atomic E-state index is 13.3. The fourth-order valence-electron chi connectivity index (χ4n) is 5.00. The van der Waals surface area contributed by atoms with E-state index in [0.717, 1.165) is 36.6 Å². The molecular formula is C22H25N3O3. The van der Waals surface area contributed by atoms with Crippen LogP contribution in [0.2, 0.25) is 0 Å². The van der Waals surface area contributed by atoms with Crippen molar-refractivity contribution >= 4 is 5.91 Å². The van der Waals surface area contributed by atoms with Crippen molar-refractivity contribution in [2.75, 3.05) is 19.8 Å². The quantitative estimate of drug-likeness (QED) is 0.758. The molecule has 1 atom stereocenters. The Morgan fingerprint density at radius 3 is 2.50 bits per heavy atom. The van der Waals surface area contributed by atoms with Crippen LogP contribution in [-0.2, 0) is 5.41 Å². The average Bonchev–Trinajstić information content (AvgIpc) is 3.19. The Bertz CT molecular complexity index is 919. The summed E-state index contributed by atoms with van der Waals surface area (Å²) in [6, 6.07) is 4.22. The van der Waals surface area contributed by atoms with E-state index in [0.29, 0.717) is 18.9 Å². The number of amides is 1. The molecule has 1 aliphatic carbocycles. The first-order valence-corrected chi connectivity index (χ1v) is 10.1. The third kappa shape index (κ3) is 2.65. The third-order valence-corrected chi connectivity index (χ3v) is 6.50. The van der Waals surface area contributed by atoms with Crippen LogP contribution in [0.3, 0.4) is 0 Å². The molecule has 1 fully saturated rings. The molecule has 1 aromatic carbocycles. The summed E-state index contributed by atoms with van der Waals surface area (Å²) >= 11 is 0. The van der Waals surface area contributed by atoms with Crippen LogP contribution in [0.25, 0.3) is 0 Å². The second-order valence-corrected chi connectivity index (χ2v) is 8.22. The lowest BCUT2D eigenvalue weighted by atomic mass is 9.71. The Hall–Kier alpha value is -2.63. The number of aromatic nitrogens is 2. The molecular weight excluding hydrogens is 354 g/mol. The van der Waals surface area contributed by atoms with Crippen LogP contribution >= 0.6 is 0 Å². The Morgan fingerprint density at radius 1 is 1.11 bits per heavy atom. The molecule has 5 rings (SSSR count). The molecule has 6 heteroatoms. The summed E-state index contributed by atoms with van der Waals surface area (Å²) in [5.41, 5.74) is 3.72. The summed E-state index contributed by atoms with van der Waals surface area (Å²) in [6.07, 6.45) is 7.81. The van der Waals surface area contributed by atoms with E-state index >= 15 is 0 Å². The minimum absolute atomic E-state index is 0.00847. The first kappa shape index (κ1) is 17.5. The Kier molecular flexibility index (Phi) is 4.03. The van der Waals surface area contributed by atoms with Crippen molar-refractivity contribution in [1.82, 2.24) is 14.9 Å². The topological polar surface area (TPSA) is 64.6 Å². The van der Waals surface area contributed by atoms with Crippen molar-refractivity contribution in [3.8, 4) is 11.5 Å². The second-order valence-electron chi connectivity index (χ2n) is 8.22. The second kappa shape index (κ2) is 6.47. The van der Waals surface area contributed by atoms with Crippen LogP contribution in [0, 0.1) is 6.92 Å². The van der Waals surface area contributed by atoms with Gasteiger partial charge >= 0.3 is 0 Å². The number of hydrogen-bond donors (Lipinski definition) is 0. The van der Waals surface area contributed by atoms with E-state index in [1.54, 1.807) is 12.4 Å². The largest absolute Gasteiger partial charge is 0.486 e. The zero-order valence-corrected chi connectivity index (χ0v) is 16.4. The van der Waals surface area contributed by atoms with Crippen molar-refractivity contribution in [2.45, 2.75) is 51.0 Å². The van der Waals surface area contributed by atoms with Gasteiger partial charge in [0.2, 0.25) is 0 Å². The lowest BCUT2D eigenvalue weighted by Gasteiger charge is -2.46. The van der Waals surface area contributed by atoms with Gasteiger partial charge in [-0.05, 0) is 49.9 Å². The SMILES string of the molecule is Cc1cnc(C(=O)N2CC3(CCCC3)c3cc4c(cc3C2C)OCCO4)cn1. The summed E-state index contributed by atoms with van der Waals surface area (Å²) in [5, 5.41) is 0. The highest BCUT2D eigenvalue weighted by Gasteiger charge is 2.46. The van der Waals surface area contributed by atoms with Gasteiger partial charge in [0.05, 0.1) is 17.9 Å². The molecule has 1 aromatic heterocycles. The smallest absolute Gasteiger partial charge is 0.274 e. The van der Waals surface area contributed by atoms with Gasteiger partial charge in [0.15, 0.2) is 11.5 Å². The number of ether oxygens (including phenoxy) is 2. The van der Waals surface area contributed by atoms with Gasteiger partial charge < -0.3 is 14.4 Å². The number of aryl methyl sites for hydroxylation is 1. The predicted octanol–water partition coefficient (Wildman–Crippen LogP) is 3.59. The molecule has 2 aromatic rings. The number of carbonyl (C=O) groups is 1. The molecule has 2 aliphatic heterocycles. The van der Waals surface area contributed by atoms with Gasteiger partial charge in [-0.1, -0.05) is 12.8 Å². The first-order chi connectivity index (χ1) is 13.6. The lowest BCUT2D eigenvalue weighted by Crippen LogP contribution is -2.49. The standard InChI is InChI=1S/C22H25N3O3/c1-14-11-24-18(12-23-14)21(26)25-13-22(5-3-4-6-22)17-10-20-19(27-7-8-28-20)9-16(17)15(25)2/h9-12,15H,3-8,13H2,1-2H3. The van der Waals surface area contributed by atoms with Crippen molar-refractivity contribution < 1.29 is 14.3 Å². The van der Waals surface area contributed by atoms with Crippen LogP contribution in [0.15, 0.2) is 24.5 Å². The molecule has 1 spiro atoms. The summed E-state index contributed by atoms with van der Waals surface area (Å²) in [5.74, 6) is 1.58. The van der Waals surface area contributed by atoms with E-state index in [-0.39, 0.29) is 17.4 Å². The molecule has 0 saturated heterocycles. The van der Waals surface area contributed by atoms with Crippen LogP contribution in [0.5, 0.6) is 11.5 Å². The fourth-order valence-corrected chi connectivity index (χ4v) is 5.00.